The molecule has 2 saturated heterocycles. The van der Waals surface area contributed by atoms with Crippen LogP contribution in [0.2, 0.25) is 0 Å². The summed E-state index contributed by atoms with van der Waals surface area (Å²) in [5.41, 5.74) is 3.01. The Balaban J connectivity index is 1.48. The van der Waals surface area contributed by atoms with Crippen molar-refractivity contribution < 1.29 is 17.9 Å². The molecule has 0 atom stereocenters. The molecule has 0 bridgehead atoms. The van der Waals surface area contributed by atoms with Gasteiger partial charge in [-0.05, 0) is 42.8 Å². The number of sulfonamides is 1. The van der Waals surface area contributed by atoms with Crippen LogP contribution in [0.15, 0.2) is 70.5 Å². The number of benzene rings is 2. The van der Waals surface area contributed by atoms with E-state index in [0.717, 1.165) is 29.8 Å². The highest BCUT2D eigenvalue weighted by molar-refractivity contribution is 8.26. The molecule has 0 spiro atoms. The van der Waals surface area contributed by atoms with Gasteiger partial charge in [-0.25, -0.2) is 13.1 Å². The van der Waals surface area contributed by atoms with E-state index in [2.05, 4.69) is 6.92 Å². The SMILES string of the molecule is CCCCN1C(=O)C(=Cc2cc(-c3ccc(S(=O)(=O)N4CCOCC4)cc3)nn2-c2ccccc2)SC1=S. The number of ether oxygens (including phenoxy) is 1. The fourth-order valence-electron chi connectivity index (χ4n) is 4.29. The van der Waals surface area contributed by atoms with Crippen LogP contribution in [0.25, 0.3) is 23.0 Å². The minimum atomic E-state index is -3.58. The lowest BCUT2D eigenvalue weighted by Crippen LogP contribution is -2.40. The Kier molecular flexibility index (Phi) is 8.10. The number of thiocarbonyl (C=S) groups is 1. The maximum Gasteiger partial charge on any atom is 0.266 e. The van der Waals surface area contributed by atoms with Crippen molar-refractivity contribution in [1.29, 1.82) is 0 Å². The zero-order valence-corrected chi connectivity index (χ0v) is 23.4. The van der Waals surface area contributed by atoms with E-state index in [9.17, 15) is 13.2 Å². The molecule has 0 N–H and O–H groups in total. The number of thioether (sulfide) groups is 1. The second-order valence-corrected chi connectivity index (χ2v) is 12.5. The van der Waals surface area contributed by atoms with Crippen molar-refractivity contribution in [3.8, 4) is 16.9 Å². The van der Waals surface area contributed by atoms with Crippen LogP contribution in [-0.2, 0) is 19.6 Å². The normalized spacial score (nSPS) is 18.0. The summed E-state index contributed by atoms with van der Waals surface area (Å²) in [7, 11) is -3.58. The summed E-state index contributed by atoms with van der Waals surface area (Å²) < 4.78 is 35.1. The van der Waals surface area contributed by atoms with E-state index in [0.29, 0.717) is 47.8 Å². The number of hydrogen-bond acceptors (Lipinski definition) is 7. The molecule has 38 heavy (non-hydrogen) atoms. The Hall–Kier alpha value is -2.83. The van der Waals surface area contributed by atoms with Gasteiger partial charge in [0.2, 0.25) is 10.0 Å². The molecule has 8 nitrogen and oxygen atoms in total. The van der Waals surface area contributed by atoms with Crippen LogP contribution in [-0.4, -0.2) is 70.5 Å². The lowest BCUT2D eigenvalue weighted by molar-refractivity contribution is -0.122. The fourth-order valence-corrected chi connectivity index (χ4v) is 6.99. The number of unbranched alkanes of at least 4 members (excludes halogenated alkanes) is 1. The van der Waals surface area contributed by atoms with E-state index in [1.54, 1.807) is 33.8 Å². The van der Waals surface area contributed by atoms with Gasteiger partial charge in [-0.1, -0.05) is 67.7 Å². The maximum absolute atomic E-state index is 13.1. The number of morpholine rings is 1. The zero-order valence-electron chi connectivity index (χ0n) is 20.9. The third kappa shape index (κ3) is 5.48. The van der Waals surface area contributed by atoms with Gasteiger partial charge in [0.05, 0.1) is 40.1 Å². The first kappa shape index (κ1) is 26.8. The average Bonchev–Trinajstić information content (AvgIpc) is 3.48. The van der Waals surface area contributed by atoms with Gasteiger partial charge in [-0.3, -0.25) is 9.69 Å². The van der Waals surface area contributed by atoms with Gasteiger partial charge in [0, 0.05) is 25.2 Å². The van der Waals surface area contributed by atoms with Gasteiger partial charge in [-0.15, -0.1) is 0 Å². The largest absolute Gasteiger partial charge is 0.379 e. The molecule has 2 fully saturated rings. The van der Waals surface area contributed by atoms with Crippen LogP contribution in [0.4, 0.5) is 0 Å². The molecule has 5 rings (SSSR count). The van der Waals surface area contributed by atoms with Gasteiger partial charge in [0.15, 0.2) is 0 Å². The third-order valence-electron chi connectivity index (χ3n) is 6.38. The standard InChI is InChI=1S/C27H28N4O4S3/c1-2-3-13-30-26(32)25(37-27(30)36)19-22-18-24(28-31(22)21-7-5-4-6-8-21)20-9-11-23(12-10-20)38(33,34)29-14-16-35-17-15-29/h4-12,18-19H,2-3,13-17H2,1H3. The molecule has 198 valence electrons. The lowest BCUT2D eigenvalue weighted by atomic mass is 10.1. The number of carbonyl (C=O) groups excluding carboxylic acids is 1. The molecule has 11 heteroatoms. The molecule has 3 aromatic rings. The molecule has 2 aliphatic heterocycles. The summed E-state index contributed by atoms with van der Waals surface area (Å²) in [4.78, 5) is 15.5. The molecule has 1 aromatic heterocycles. The zero-order chi connectivity index (χ0) is 26.7. The maximum atomic E-state index is 13.1. The van der Waals surface area contributed by atoms with Crippen molar-refractivity contribution in [1.82, 2.24) is 19.0 Å². The fraction of sp³-hybridized carbons (Fsp3) is 0.296. The van der Waals surface area contributed by atoms with E-state index < -0.39 is 10.0 Å². The van der Waals surface area contributed by atoms with Crippen LogP contribution in [0.3, 0.4) is 0 Å². The van der Waals surface area contributed by atoms with Crippen molar-refractivity contribution in [3.63, 3.8) is 0 Å². The summed E-state index contributed by atoms with van der Waals surface area (Å²) in [5.74, 6) is -0.0894. The second-order valence-electron chi connectivity index (χ2n) is 8.93. The topological polar surface area (TPSA) is 84.7 Å². The number of amides is 1. The Bertz CT molecular complexity index is 1460. The molecule has 3 heterocycles. The number of carbonyl (C=O) groups is 1. The minimum absolute atomic E-state index is 0.0894. The highest BCUT2D eigenvalue weighted by Crippen LogP contribution is 2.34. The molecular weight excluding hydrogens is 541 g/mol. The lowest BCUT2D eigenvalue weighted by Gasteiger charge is -2.26. The Morgan fingerprint density at radius 3 is 2.47 bits per heavy atom. The summed E-state index contributed by atoms with van der Waals surface area (Å²) in [5, 5.41) is 4.82. The van der Waals surface area contributed by atoms with Crippen molar-refractivity contribution in [2.75, 3.05) is 32.8 Å². The van der Waals surface area contributed by atoms with Crippen LogP contribution in [0.1, 0.15) is 25.5 Å². The molecule has 1 amide bonds. The van der Waals surface area contributed by atoms with Crippen LogP contribution in [0.5, 0.6) is 0 Å². The molecule has 0 radical (unpaired) electrons. The smallest absolute Gasteiger partial charge is 0.266 e. The van der Waals surface area contributed by atoms with Gasteiger partial charge in [0.1, 0.15) is 4.32 Å². The molecule has 2 aromatic carbocycles. The summed E-state index contributed by atoms with van der Waals surface area (Å²) in [6, 6.07) is 18.3. The number of hydrogen-bond donors (Lipinski definition) is 0. The summed E-state index contributed by atoms with van der Waals surface area (Å²) in [6.45, 7) is 4.18. The first-order valence-electron chi connectivity index (χ1n) is 12.5. The van der Waals surface area contributed by atoms with Crippen molar-refractivity contribution in [2.24, 2.45) is 0 Å². The minimum Gasteiger partial charge on any atom is -0.379 e. The van der Waals surface area contributed by atoms with E-state index in [-0.39, 0.29) is 10.8 Å². The third-order valence-corrected chi connectivity index (χ3v) is 9.67. The van der Waals surface area contributed by atoms with Gasteiger partial charge in [-0.2, -0.15) is 9.40 Å². The highest BCUT2D eigenvalue weighted by atomic mass is 32.2. The number of nitrogens with zero attached hydrogens (tertiary/aromatic N) is 4. The summed E-state index contributed by atoms with van der Waals surface area (Å²) in [6.07, 6.45) is 3.70. The Labute approximate surface area is 232 Å². The molecule has 0 saturated carbocycles. The van der Waals surface area contributed by atoms with Crippen molar-refractivity contribution in [2.45, 2.75) is 24.7 Å². The molecular formula is C27H28N4O4S3. The van der Waals surface area contributed by atoms with E-state index in [1.165, 1.54) is 16.1 Å². The Morgan fingerprint density at radius 1 is 1.08 bits per heavy atom. The van der Waals surface area contributed by atoms with Gasteiger partial charge in [0.25, 0.3) is 5.91 Å². The first-order chi connectivity index (χ1) is 18.4. The molecule has 2 aliphatic rings. The predicted octanol–water partition coefficient (Wildman–Crippen LogP) is 4.56. The number of para-hydroxylation sites is 1. The highest BCUT2D eigenvalue weighted by Gasteiger charge is 2.32. The monoisotopic (exact) mass is 568 g/mol. The second kappa shape index (κ2) is 11.5. The van der Waals surface area contributed by atoms with E-state index >= 15 is 0 Å². The van der Waals surface area contributed by atoms with Crippen LogP contribution < -0.4 is 0 Å². The summed E-state index contributed by atoms with van der Waals surface area (Å²) >= 11 is 6.77. The molecule has 0 aliphatic carbocycles. The number of rotatable bonds is 8. The van der Waals surface area contributed by atoms with Gasteiger partial charge < -0.3 is 4.74 Å². The van der Waals surface area contributed by atoms with Crippen LogP contribution in [0, 0.1) is 0 Å². The average molecular weight is 569 g/mol. The van der Waals surface area contributed by atoms with Crippen molar-refractivity contribution in [3.05, 3.63) is 71.3 Å². The Morgan fingerprint density at radius 2 is 1.79 bits per heavy atom. The van der Waals surface area contributed by atoms with E-state index in [4.69, 9.17) is 22.1 Å². The first-order valence-corrected chi connectivity index (χ1v) is 15.1. The number of aromatic nitrogens is 2. The quantitative estimate of drug-likeness (QED) is 0.291. The predicted molar refractivity (Wildman–Crippen MR) is 153 cm³/mol. The van der Waals surface area contributed by atoms with Crippen LogP contribution >= 0.6 is 24.0 Å². The molecule has 0 unspecified atom stereocenters. The van der Waals surface area contributed by atoms with E-state index in [1.807, 2.05) is 42.5 Å². The van der Waals surface area contributed by atoms with Crippen molar-refractivity contribution >= 4 is 50.3 Å². The van der Waals surface area contributed by atoms with Gasteiger partial charge >= 0.3 is 0 Å².